The molecule has 0 aliphatic rings. The summed E-state index contributed by atoms with van der Waals surface area (Å²) in [5.74, 6) is 0. The molecule has 164 valence electrons. The first-order chi connectivity index (χ1) is 15.9. The van der Waals surface area contributed by atoms with Gasteiger partial charge in [0.15, 0.2) is 0 Å². The molecule has 0 spiro atoms. The molecule has 0 bridgehead atoms. The van der Waals surface area contributed by atoms with Gasteiger partial charge in [-0.1, -0.05) is 66.2 Å². The van der Waals surface area contributed by atoms with Crippen molar-refractivity contribution in [3.8, 4) is 0 Å². The van der Waals surface area contributed by atoms with E-state index in [9.17, 15) is 8.42 Å². The van der Waals surface area contributed by atoms with Gasteiger partial charge >= 0.3 is 0 Å². The normalized spacial score (nSPS) is 12.2. The summed E-state index contributed by atoms with van der Waals surface area (Å²) in [5, 5.41) is 11.1. The Morgan fingerprint density at radius 1 is 0.697 bits per heavy atom. The largest absolute Gasteiger partial charge is 0.276 e. The second kappa shape index (κ2) is 8.01. The average Bonchev–Trinajstić information content (AvgIpc) is 2.82. The summed E-state index contributed by atoms with van der Waals surface area (Å²) >= 11 is 0. The highest BCUT2D eigenvalue weighted by Gasteiger charge is 2.14. The van der Waals surface area contributed by atoms with Crippen LogP contribution in [-0.2, 0) is 10.0 Å². The Morgan fingerprint density at radius 3 is 1.94 bits per heavy atom. The molecule has 0 heterocycles. The minimum absolute atomic E-state index is 0.187. The van der Waals surface area contributed by atoms with Crippen LogP contribution in [0.3, 0.4) is 0 Å². The van der Waals surface area contributed by atoms with Gasteiger partial charge in [0.2, 0.25) is 0 Å². The molecule has 0 aliphatic carbocycles. The van der Waals surface area contributed by atoms with Crippen LogP contribution >= 0.6 is 0 Å². The van der Waals surface area contributed by atoms with Crippen LogP contribution in [-0.4, -0.2) is 14.6 Å². The highest BCUT2D eigenvalue weighted by molar-refractivity contribution is 7.89. The van der Waals surface area contributed by atoms with Crippen molar-refractivity contribution in [2.45, 2.75) is 25.7 Å². The van der Waals surface area contributed by atoms with E-state index in [1.807, 2.05) is 19.1 Å². The predicted octanol–water partition coefficient (Wildman–Crippen LogP) is 6.38. The fourth-order valence-electron chi connectivity index (χ4n) is 4.56. The predicted molar refractivity (Wildman–Crippen MR) is 138 cm³/mol. The summed E-state index contributed by atoms with van der Waals surface area (Å²) in [4.78, 5) is 2.54. The third-order valence-electron chi connectivity index (χ3n) is 6.30. The molecular weight excluding hydrogens is 428 g/mol. The van der Waals surface area contributed by atoms with E-state index in [-0.39, 0.29) is 4.90 Å². The molecule has 1 N–H and O–H groups in total. The van der Waals surface area contributed by atoms with Gasteiger partial charge in [0.25, 0.3) is 10.0 Å². The van der Waals surface area contributed by atoms with Gasteiger partial charge in [-0.15, -0.1) is 0 Å². The molecule has 0 saturated carbocycles. The molecule has 5 heteroatoms. The maximum atomic E-state index is 12.6. The number of fused-ring (bicyclic) bond motifs is 4. The first-order valence-corrected chi connectivity index (χ1v) is 12.3. The van der Waals surface area contributed by atoms with Crippen molar-refractivity contribution >= 4 is 48.6 Å². The Balaban J connectivity index is 1.66. The molecule has 0 saturated heterocycles. The van der Waals surface area contributed by atoms with Crippen LogP contribution in [0.25, 0.3) is 32.3 Å². The molecule has 5 aromatic carbocycles. The minimum atomic E-state index is -3.73. The van der Waals surface area contributed by atoms with E-state index in [4.69, 9.17) is 0 Å². The third kappa shape index (κ3) is 3.64. The van der Waals surface area contributed by atoms with Crippen LogP contribution in [0.2, 0.25) is 0 Å². The van der Waals surface area contributed by atoms with Crippen LogP contribution in [0, 0.1) is 20.8 Å². The second-order valence-corrected chi connectivity index (χ2v) is 10.1. The van der Waals surface area contributed by atoms with Crippen molar-refractivity contribution in [2.24, 2.45) is 5.10 Å². The van der Waals surface area contributed by atoms with Gasteiger partial charge in [-0.05, 0) is 82.4 Å². The van der Waals surface area contributed by atoms with Crippen LogP contribution in [0.1, 0.15) is 22.3 Å². The Morgan fingerprint density at radius 2 is 1.27 bits per heavy atom. The van der Waals surface area contributed by atoms with Gasteiger partial charge in [0.1, 0.15) is 0 Å². The number of nitrogens with one attached hydrogen (secondary N) is 1. The number of sulfonamides is 1. The molecule has 5 aromatic rings. The second-order valence-electron chi connectivity index (χ2n) is 8.40. The zero-order valence-electron chi connectivity index (χ0n) is 18.8. The van der Waals surface area contributed by atoms with Crippen molar-refractivity contribution in [1.29, 1.82) is 0 Å². The average molecular weight is 453 g/mol. The summed E-state index contributed by atoms with van der Waals surface area (Å²) in [6.45, 7) is 6.22. The summed E-state index contributed by atoms with van der Waals surface area (Å²) in [7, 11) is -3.73. The lowest BCUT2D eigenvalue weighted by molar-refractivity contribution is 0.584. The number of hydrazone groups is 1. The summed E-state index contributed by atoms with van der Waals surface area (Å²) in [6.07, 6.45) is 1.59. The maximum absolute atomic E-state index is 12.6. The molecule has 4 nitrogen and oxygen atoms in total. The van der Waals surface area contributed by atoms with Crippen molar-refractivity contribution in [3.63, 3.8) is 0 Å². The van der Waals surface area contributed by atoms with E-state index >= 15 is 0 Å². The van der Waals surface area contributed by atoms with Crippen molar-refractivity contribution in [1.82, 2.24) is 4.83 Å². The molecule has 0 aliphatic heterocycles. The topological polar surface area (TPSA) is 58.5 Å². The van der Waals surface area contributed by atoms with Gasteiger partial charge < -0.3 is 0 Å². The Kier molecular flexibility index (Phi) is 5.14. The number of benzene rings is 5. The zero-order valence-corrected chi connectivity index (χ0v) is 19.6. The Bertz CT molecular complexity index is 1670. The molecule has 0 fully saturated rings. The van der Waals surface area contributed by atoms with Gasteiger partial charge in [-0.2, -0.15) is 13.5 Å². The van der Waals surface area contributed by atoms with Gasteiger partial charge in [-0.3, -0.25) is 0 Å². The van der Waals surface area contributed by atoms with E-state index in [1.54, 1.807) is 30.5 Å². The first kappa shape index (κ1) is 21.2. The minimum Gasteiger partial charge on any atom is -0.200 e. The number of rotatable bonds is 4. The van der Waals surface area contributed by atoms with E-state index in [0.717, 1.165) is 27.3 Å². The smallest absolute Gasteiger partial charge is 0.200 e. The number of hydrogen-bond acceptors (Lipinski definition) is 3. The lowest BCUT2D eigenvalue weighted by atomic mass is 9.88. The zero-order chi connectivity index (χ0) is 23.2. The monoisotopic (exact) mass is 452 g/mol. The molecule has 0 aromatic heterocycles. The molecule has 0 radical (unpaired) electrons. The van der Waals surface area contributed by atoms with E-state index < -0.39 is 10.0 Å². The van der Waals surface area contributed by atoms with E-state index in [0.29, 0.717) is 0 Å². The van der Waals surface area contributed by atoms with E-state index in [2.05, 4.69) is 66.2 Å². The summed E-state index contributed by atoms with van der Waals surface area (Å²) in [5.41, 5.74) is 4.30. The van der Waals surface area contributed by atoms with Crippen molar-refractivity contribution < 1.29 is 8.42 Å². The SMILES string of the molecule is Cc1ccc(S(=O)(=O)NN=Cc2cc3c(C)c4ccccc4c(C)c3c3ccccc23)cc1. The van der Waals surface area contributed by atoms with Gasteiger partial charge in [0, 0.05) is 5.56 Å². The molecule has 0 atom stereocenters. The summed E-state index contributed by atoms with van der Waals surface area (Å²) in [6, 6.07) is 25.4. The van der Waals surface area contributed by atoms with Crippen LogP contribution < -0.4 is 4.83 Å². The maximum Gasteiger partial charge on any atom is 0.276 e. The molecule has 5 rings (SSSR count). The molecule has 0 amide bonds. The molecule has 33 heavy (non-hydrogen) atoms. The Hall–Kier alpha value is -3.70. The highest BCUT2D eigenvalue weighted by atomic mass is 32.2. The van der Waals surface area contributed by atoms with Crippen LogP contribution in [0.4, 0.5) is 0 Å². The first-order valence-electron chi connectivity index (χ1n) is 10.8. The fourth-order valence-corrected chi connectivity index (χ4v) is 5.35. The van der Waals surface area contributed by atoms with Crippen LogP contribution in [0.5, 0.6) is 0 Å². The lowest BCUT2D eigenvalue weighted by Crippen LogP contribution is -2.18. The van der Waals surface area contributed by atoms with Crippen molar-refractivity contribution in [3.05, 3.63) is 101 Å². The fraction of sp³-hybridized carbons (Fsp3) is 0.107. The quantitative estimate of drug-likeness (QED) is 0.149. The standard InChI is InChI=1S/C28H24N2O2S/c1-18-12-14-22(15-13-18)33(31,32)30-29-17-21-16-27-19(2)23-8-4-5-9-24(23)20(3)28(27)26-11-7-6-10-25(21)26/h4-17,30H,1-3H3. The molecule has 0 unspecified atom stereocenters. The number of aryl methyl sites for hydroxylation is 3. The van der Waals surface area contributed by atoms with Crippen molar-refractivity contribution in [2.75, 3.05) is 0 Å². The Labute approximate surface area is 193 Å². The highest BCUT2D eigenvalue weighted by Crippen LogP contribution is 2.37. The lowest BCUT2D eigenvalue weighted by Gasteiger charge is -2.16. The van der Waals surface area contributed by atoms with Crippen LogP contribution in [0.15, 0.2) is 88.9 Å². The summed E-state index contributed by atoms with van der Waals surface area (Å²) < 4.78 is 25.3. The number of hydrogen-bond donors (Lipinski definition) is 1. The number of nitrogens with zero attached hydrogens (tertiary/aromatic N) is 1. The van der Waals surface area contributed by atoms with Gasteiger partial charge in [0.05, 0.1) is 11.1 Å². The third-order valence-corrected chi connectivity index (χ3v) is 7.54. The van der Waals surface area contributed by atoms with E-state index in [1.165, 1.54) is 27.3 Å². The van der Waals surface area contributed by atoms with Gasteiger partial charge in [-0.25, -0.2) is 4.83 Å². The molecular formula is C28H24N2O2S.